The van der Waals surface area contributed by atoms with Crippen molar-refractivity contribution < 1.29 is 37.0 Å². The molecule has 0 saturated carbocycles. The number of hydrogen-bond acceptors (Lipinski definition) is 5. The monoisotopic (exact) mass is 413 g/mol. The van der Waals surface area contributed by atoms with E-state index in [1.54, 1.807) is 6.92 Å². The highest BCUT2D eigenvalue weighted by Gasteiger charge is 2.45. The maximum absolute atomic E-state index is 13.7. The third kappa shape index (κ3) is 6.70. The highest BCUT2D eigenvalue weighted by atomic mass is 19.4. The van der Waals surface area contributed by atoms with Crippen LogP contribution in [0.1, 0.15) is 25.0 Å². The third-order valence-corrected chi connectivity index (χ3v) is 3.54. The van der Waals surface area contributed by atoms with Crippen molar-refractivity contribution in [3.63, 3.8) is 0 Å². The fourth-order valence-corrected chi connectivity index (χ4v) is 2.27. The number of alkyl halides is 3. The number of ether oxygens (including phenoxy) is 3. The van der Waals surface area contributed by atoms with Gasteiger partial charge in [-0.25, -0.2) is 4.79 Å². The van der Waals surface area contributed by atoms with Crippen LogP contribution in [0.4, 0.5) is 18.9 Å². The van der Waals surface area contributed by atoms with E-state index < -0.39 is 29.7 Å². The predicted molar refractivity (Wildman–Crippen MR) is 101 cm³/mol. The number of esters is 1. The summed E-state index contributed by atoms with van der Waals surface area (Å²) in [6.07, 6.45) is -3.37. The molecule has 1 N–H and O–H groups in total. The van der Waals surface area contributed by atoms with Crippen LogP contribution >= 0.6 is 0 Å². The van der Waals surface area contributed by atoms with Gasteiger partial charge in [-0.05, 0) is 24.6 Å². The number of halogens is 3. The summed E-state index contributed by atoms with van der Waals surface area (Å²) in [5.41, 5.74) is -0.652. The summed E-state index contributed by atoms with van der Waals surface area (Å²) in [7, 11) is 2.38. The second-order valence-electron chi connectivity index (χ2n) is 5.52. The van der Waals surface area contributed by atoms with Gasteiger partial charge in [-0.3, -0.25) is 4.79 Å². The number of carbonyl (C=O) groups is 2. The quantitative estimate of drug-likeness (QED) is 0.281. The molecule has 0 radical (unpaired) electrons. The highest BCUT2D eigenvalue weighted by molar-refractivity contribution is 6.03. The van der Waals surface area contributed by atoms with Crippen molar-refractivity contribution >= 4 is 17.6 Å². The molecule has 0 fully saturated rings. The standard InChI is InChI=1S/C20H22F3NO5/c1-5-9-15(27-3)18(25)24-14-12-8-7-11-13(14)17(20(21,22)23)29-19(26)16(28-4)10-6-2/h5,7-12,17H,1,6H2,2-4H3,(H,24,25)/b15-9-,16-10-. The Hall–Kier alpha value is -3.23. The highest BCUT2D eigenvalue weighted by Crippen LogP contribution is 2.39. The van der Waals surface area contributed by atoms with Crippen molar-refractivity contribution in [3.8, 4) is 0 Å². The fraction of sp³-hybridized carbons (Fsp3) is 0.300. The van der Waals surface area contributed by atoms with Crippen LogP contribution in [-0.2, 0) is 23.8 Å². The van der Waals surface area contributed by atoms with E-state index in [4.69, 9.17) is 14.2 Å². The van der Waals surface area contributed by atoms with Gasteiger partial charge in [0.15, 0.2) is 11.5 Å². The van der Waals surface area contributed by atoms with E-state index in [-0.39, 0.29) is 17.2 Å². The summed E-state index contributed by atoms with van der Waals surface area (Å²) >= 11 is 0. The normalized spacial score (nSPS) is 13.3. The minimum Gasteiger partial charge on any atom is -0.491 e. The lowest BCUT2D eigenvalue weighted by Gasteiger charge is -2.23. The van der Waals surface area contributed by atoms with Crippen LogP contribution < -0.4 is 5.32 Å². The minimum atomic E-state index is -4.94. The number of methoxy groups -OCH3 is 2. The molecule has 0 aliphatic rings. The van der Waals surface area contributed by atoms with Gasteiger partial charge in [-0.2, -0.15) is 13.2 Å². The Morgan fingerprint density at radius 3 is 2.31 bits per heavy atom. The SMILES string of the molecule is C=C/C=C(\OC)C(=O)Nc1ccccc1C(OC(=O)/C(=C/CC)OC)C(F)(F)F. The van der Waals surface area contributed by atoms with Gasteiger partial charge in [0.05, 0.1) is 14.2 Å². The molecule has 0 aliphatic carbocycles. The predicted octanol–water partition coefficient (Wildman–Crippen LogP) is 4.43. The molecule has 1 amide bonds. The molecule has 6 nitrogen and oxygen atoms in total. The van der Waals surface area contributed by atoms with Crippen molar-refractivity contribution in [3.05, 3.63) is 66.2 Å². The zero-order chi connectivity index (χ0) is 22.0. The fourth-order valence-electron chi connectivity index (χ4n) is 2.27. The van der Waals surface area contributed by atoms with E-state index in [1.807, 2.05) is 0 Å². The van der Waals surface area contributed by atoms with Crippen molar-refractivity contribution in [1.29, 1.82) is 0 Å². The van der Waals surface area contributed by atoms with Gasteiger partial charge < -0.3 is 19.5 Å². The number of para-hydroxylation sites is 1. The molecule has 0 aliphatic heterocycles. The largest absolute Gasteiger partial charge is 0.491 e. The number of anilines is 1. The van der Waals surface area contributed by atoms with Gasteiger partial charge in [-0.15, -0.1) is 0 Å². The lowest BCUT2D eigenvalue weighted by molar-refractivity contribution is -0.223. The molecule has 0 spiro atoms. The second kappa shape index (κ2) is 10.9. The summed E-state index contributed by atoms with van der Waals surface area (Å²) in [5.74, 6) is -2.58. The van der Waals surface area contributed by atoms with Crippen LogP contribution in [-0.4, -0.2) is 32.3 Å². The smallest absolute Gasteiger partial charge is 0.429 e. The van der Waals surface area contributed by atoms with Crippen LogP contribution in [0, 0.1) is 0 Å². The first-order valence-corrected chi connectivity index (χ1v) is 8.48. The number of nitrogens with one attached hydrogen (secondary N) is 1. The molecule has 1 atom stereocenters. The Morgan fingerprint density at radius 2 is 1.79 bits per heavy atom. The number of amides is 1. The summed E-state index contributed by atoms with van der Waals surface area (Å²) in [6, 6.07) is 5.10. The second-order valence-corrected chi connectivity index (χ2v) is 5.52. The van der Waals surface area contributed by atoms with Crippen LogP contribution in [0.5, 0.6) is 0 Å². The van der Waals surface area contributed by atoms with Crippen molar-refractivity contribution in [1.82, 2.24) is 0 Å². The maximum Gasteiger partial charge on any atom is 0.429 e. The zero-order valence-corrected chi connectivity index (χ0v) is 16.2. The summed E-state index contributed by atoms with van der Waals surface area (Å²) in [4.78, 5) is 24.4. The van der Waals surface area contributed by atoms with Crippen molar-refractivity contribution in [2.75, 3.05) is 19.5 Å². The first-order chi connectivity index (χ1) is 13.7. The molecule has 1 rings (SSSR count). The number of carbonyl (C=O) groups excluding carboxylic acids is 2. The summed E-state index contributed by atoms with van der Waals surface area (Å²) in [6.45, 7) is 5.11. The Kier molecular flexibility index (Phi) is 8.98. The van der Waals surface area contributed by atoms with E-state index in [0.29, 0.717) is 6.42 Å². The molecule has 0 heterocycles. The number of benzene rings is 1. The molecule has 0 saturated heterocycles. The first-order valence-electron chi connectivity index (χ1n) is 8.48. The van der Waals surface area contributed by atoms with Crippen LogP contribution in [0.2, 0.25) is 0 Å². The van der Waals surface area contributed by atoms with E-state index in [1.165, 1.54) is 43.5 Å². The van der Waals surface area contributed by atoms with Gasteiger partial charge in [0.2, 0.25) is 6.10 Å². The Morgan fingerprint density at radius 1 is 1.17 bits per heavy atom. The van der Waals surface area contributed by atoms with Gasteiger partial charge >= 0.3 is 12.1 Å². The number of hydrogen-bond donors (Lipinski definition) is 1. The minimum absolute atomic E-state index is 0.164. The summed E-state index contributed by atoms with van der Waals surface area (Å²) in [5, 5.41) is 2.32. The van der Waals surface area contributed by atoms with Gasteiger partial charge in [0.1, 0.15) is 0 Å². The molecule has 1 aromatic rings. The van der Waals surface area contributed by atoms with Gasteiger partial charge in [-0.1, -0.05) is 37.8 Å². The molecule has 9 heteroatoms. The molecule has 158 valence electrons. The average Bonchev–Trinajstić information content (AvgIpc) is 2.67. The molecule has 0 bridgehead atoms. The summed E-state index contributed by atoms with van der Waals surface area (Å²) < 4.78 is 55.4. The van der Waals surface area contributed by atoms with E-state index >= 15 is 0 Å². The van der Waals surface area contributed by atoms with E-state index in [0.717, 1.165) is 13.2 Å². The molecule has 1 aromatic carbocycles. The lowest BCUT2D eigenvalue weighted by atomic mass is 10.1. The lowest BCUT2D eigenvalue weighted by Crippen LogP contribution is -2.28. The molecular formula is C20H22F3NO5. The maximum atomic E-state index is 13.7. The topological polar surface area (TPSA) is 73.9 Å². The first kappa shape index (κ1) is 23.8. The number of allylic oxidation sites excluding steroid dienone is 3. The molecular weight excluding hydrogens is 391 g/mol. The van der Waals surface area contributed by atoms with Crippen LogP contribution in [0.3, 0.4) is 0 Å². The van der Waals surface area contributed by atoms with Crippen molar-refractivity contribution in [2.45, 2.75) is 25.6 Å². The average molecular weight is 413 g/mol. The van der Waals surface area contributed by atoms with Gasteiger partial charge in [0.25, 0.3) is 5.91 Å². The molecule has 29 heavy (non-hydrogen) atoms. The number of rotatable bonds is 9. The van der Waals surface area contributed by atoms with E-state index in [9.17, 15) is 22.8 Å². The molecule has 0 aromatic heterocycles. The Balaban J connectivity index is 3.31. The Labute approximate surface area is 166 Å². The van der Waals surface area contributed by atoms with Crippen molar-refractivity contribution in [2.24, 2.45) is 0 Å². The zero-order valence-electron chi connectivity index (χ0n) is 16.2. The van der Waals surface area contributed by atoms with Crippen LogP contribution in [0.25, 0.3) is 0 Å². The molecule has 1 unspecified atom stereocenters. The van der Waals surface area contributed by atoms with Crippen LogP contribution in [0.15, 0.2) is 60.6 Å². The third-order valence-electron chi connectivity index (χ3n) is 3.54. The van der Waals surface area contributed by atoms with Gasteiger partial charge in [0, 0.05) is 11.3 Å². The Bertz CT molecular complexity index is 800. The van der Waals surface area contributed by atoms with E-state index in [2.05, 4.69) is 11.9 Å².